The maximum atomic E-state index is 13.9. The second-order valence-electron chi connectivity index (χ2n) is 7.63. The van der Waals surface area contributed by atoms with E-state index in [2.05, 4.69) is 4.90 Å². The SMILES string of the molecule is O=C(CN1CCN(C(=O)c2cc3c(F)cccc3s2)CC1)N1CCCCCC1. The standard InChI is InChI=1S/C21H26FN3O2S/c22-17-6-5-7-18-16(17)14-19(28-18)21(27)25-12-10-23(11-13-25)15-20(26)24-8-3-1-2-4-9-24/h5-7,14H,1-4,8-13,15H2. The minimum absolute atomic E-state index is 0.0425. The quantitative estimate of drug-likeness (QED) is 0.791. The Balaban J connectivity index is 1.32. The summed E-state index contributed by atoms with van der Waals surface area (Å²) in [6, 6.07) is 6.59. The fourth-order valence-electron chi connectivity index (χ4n) is 4.01. The topological polar surface area (TPSA) is 43.9 Å². The fraction of sp³-hybridized carbons (Fsp3) is 0.524. The molecule has 0 saturated carbocycles. The van der Waals surface area contributed by atoms with Gasteiger partial charge in [-0.15, -0.1) is 11.3 Å². The summed E-state index contributed by atoms with van der Waals surface area (Å²) in [6.45, 7) is 4.79. The van der Waals surface area contributed by atoms with Crippen LogP contribution >= 0.6 is 11.3 Å². The molecule has 2 aliphatic heterocycles. The first kappa shape index (κ1) is 19.3. The van der Waals surface area contributed by atoms with Gasteiger partial charge in [-0.05, 0) is 31.0 Å². The van der Waals surface area contributed by atoms with Gasteiger partial charge in [0.1, 0.15) is 5.82 Å². The highest BCUT2D eigenvalue weighted by Crippen LogP contribution is 2.28. The van der Waals surface area contributed by atoms with Gasteiger partial charge >= 0.3 is 0 Å². The van der Waals surface area contributed by atoms with Crippen LogP contribution in [0.2, 0.25) is 0 Å². The maximum absolute atomic E-state index is 13.9. The number of halogens is 1. The zero-order valence-corrected chi connectivity index (χ0v) is 16.8. The summed E-state index contributed by atoms with van der Waals surface area (Å²) in [4.78, 5) is 31.9. The second-order valence-corrected chi connectivity index (χ2v) is 8.71. The first-order chi connectivity index (χ1) is 13.6. The zero-order chi connectivity index (χ0) is 19.5. The van der Waals surface area contributed by atoms with E-state index in [1.54, 1.807) is 12.1 Å². The molecule has 0 aliphatic carbocycles. The Labute approximate surface area is 168 Å². The lowest BCUT2D eigenvalue weighted by molar-refractivity contribution is -0.132. The largest absolute Gasteiger partial charge is 0.342 e. The molecule has 1 aromatic carbocycles. The first-order valence-corrected chi connectivity index (χ1v) is 10.9. The third-order valence-electron chi connectivity index (χ3n) is 5.70. The third-order valence-corrected chi connectivity index (χ3v) is 6.78. The summed E-state index contributed by atoms with van der Waals surface area (Å²) in [5.41, 5.74) is 0. The van der Waals surface area contributed by atoms with E-state index in [1.165, 1.54) is 30.2 Å². The number of thiophene rings is 1. The van der Waals surface area contributed by atoms with Crippen molar-refractivity contribution >= 4 is 33.2 Å². The van der Waals surface area contributed by atoms with Gasteiger partial charge in [-0.1, -0.05) is 18.9 Å². The van der Waals surface area contributed by atoms with Gasteiger partial charge in [-0.3, -0.25) is 14.5 Å². The Morgan fingerprint density at radius 1 is 0.929 bits per heavy atom. The molecule has 0 spiro atoms. The van der Waals surface area contributed by atoms with Gasteiger partial charge in [0, 0.05) is 49.4 Å². The van der Waals surface area contributed by atoms with Crippen LogP contribution in [-0.2, 0) is 4.79 Å². The first-order valence-electron chi connectivity index (χ1n) is 10.1. The van der Waals surface area contributed by atoms with Crippen molar-refractivity contribution in [2.45, 2.75) is 25.7 Å². The smallest absolute Gasteiger partial charge is 0.264 e. The van der Waals surface area contributed by atoms with E-state index >= 15 is 0 Å². The second kappa shape index (κ2) is 8.57. The molecule has 2 aromatic rings. The van der Waals surface area contributed by atoms with E-state index in [1.807, 2.05) is 15.9 Å². The number of hydrogen-bond donors (Lipinski definition) is 0. The highest BCUT2D eigenvalue weighted by atomic mass is 32.1. The molecule has 0 radical (unpaired) electrons. The Morgan fingerprint density at radius 3 is 2.32 bits per heavy atom. The van der Waals surface area contributed by atoms with Crippen molar-refractivity contribution in [3.8, 4) is 0 Å². The van der Waals surface area contributed by atoms with Gasteiger partial charge in [0.25, 0.3) is 5.91 Å². The van der Waals surface area contributed by atoms with E-state index in [4.69, 9.17) is 0 Å². The summed E-state index contributed by atoms with van der Waals surface area (Å²) in [5.74, 6) is -0.120. The molecular weight excluding hydrogens is 377 g/mol. The summed E-state index contributed by atoms with van der Waals surface area (Å²) in [7, 11) is 0. The summed E-state index contributed by atoms with van der Waals surface area (Å²) >= 11 is 1.34. The molecule has 2 aliphatic rings. The molecule has 0 N–H and O–H groups in total. The van der Waals surface area contributed by atoms with Gasteiger partial charge in [-0.25, -0.2) is 4.39 Å². The Morgan fingerprint density at radius 2 is 1.64 bits per heavy atom. The average Bonchev–Trinajstić information content (AvgIpc) is 2.96. The number of amides is 2. The van der Waals surface area contributed by atoms with Crippen LogP contribution in [0.1, 0.15) is 35.4 Å². The number of piperazine rings is 1. The van der Waals surface area contributed by atoms with E-state index < -0.39 is 0 Å². The number of carbonyl (C=O) groups excluding carboxylic acids is 2. The minimum atomic E-state index is -0.287. The number of rotatable bonds is 3. The van der Waals surface area contributed by atoms with E-state index in [0.717, 1.165) is 30.6 Å². The number of likely N-dealkylation sites (tertiary alicyclic amines) is 1. The normalized spacial score (nSPS) is 19.0. The van der Waals surface area contributed by atoms with Crippen molar-refractivity contribution in [2.24, 2.45) is 0 Å². The summed E-state index contributed by atoms with van der Waals surface area (Å²) in [5, 5.41) is 0.512. The van der Waals surface area contributed by atoms with Gasteiger partial charge in [0.2, 0.25) is 5.91 Å². The van der Waals surface area contributed by atoms with Crippen LogP contribution in [0, 0.1) is 5.82 Å². The van der Waals surface area contributed by atoms with Crippen molar-refractivity contribution in [3.63, 3.8) is 0 Å². The van der Waals surface area contributed by atoms with E-state index in [0.29, 0.717) is 43.0 Å². The molecule has 2 fully saturated rings. The molecule has 4 rings (SSSR count). The molecule has 150 valence electrons. The number of fused-ring (bicyclic) bond motifs is 1. The zero-order valence-electron chi connectivity index (χ0n) is 16.0. The summed E-state index contributed by atoms with van der Waals surface area (Å²) in [6.07, 6.45) is 4.63. The fourth-order valence-corrected chi connectivity index (χ4v) is 5.05. The number of hydrogen-bond acceptors (Lipinski definition) is 4. The molecular formula is C21H26FN3O2S. The lowest BCUT2D eigenvalue weighted by atomic mass is 10.2. The van der Waals surface area contributed by atoms with Crippen LogP contribution in [0.25, 0.3) is 10.1 Å². The lowest BCUT2D eigenvalue weighted by Gasteiger charge is -2.35. The predicted molar refractivity (Wildman–Crippen MR) is 109 cm³/mol. The Bertz CT molecular complexity index is 852. The summed E-state index contributed by atoms with van der Waals surface area (Å²) < 4.78 is 14.7. The molecule has 0 atom stereocenters. The number of benzene rings is 1. The van der Waals surface area contributed by atoms with Gasteiger partial charge in [0.05, 0.1) is 11.4 Å². The molecule has 2 saturated heterocycles. The molecule has 3 heterocycles. The monoisotopic (exact) mass is 403 g/mol. The third kappa shape index (κ3) is 4.20. The molecule has 5 nitrogen and oxygen atoms in total. The maximum Gasteiger partial charge on any atom is 0.264 e. The highest BCUT2D eigenvalue weighted by molar-refractivity contribution is 7.20. The lowest BCUT2D eigenvalue weighted by Crippen LogP contribution is -2.51. The van der Waals surface area contributed by atoms with Crippen LogP contribution in [0.3, 0.4) is 0 Å². The van der Waals surface area contributed by atoms with Crippen LogP contribution in [-0.4, -0.2) is 72.3 Å². The Kier molecular flexibility index (Phi) is 5.92. The molecule has 2 amide bonds. The van der Waals surface area contributed by atoms with Gasteiger partial charge in [-0.2, -0.15) is 0 Å². The molecule has 28 heavy (non-hydrogen) atoms. The van der Waals surface area contributed by atoms with Gasteiger partial charge in [0.15, 0.2) is 0 Å². The van der Waals surface area contributed by atoms with E-state index in [-0.39, 0.29) is 17.6 Å². The van der Waals surface area contributed by atoms with Crippen molar-refractivity contribution in [1.82, 2.24) is 14.7 Å². The number of carbonyl (C=O) groups is 2. The molecule has 0 bridgehead atoms. The Hall–Kier alpha value is -1.99. The van der Waals surface area contributed by atoms with Crippen molar-refractivity contribution in [2.75, 3.05) is 45.8 Å². The van der Waals surface area contributed by atoms with E-state index in [9.17, 15) is 14.0 Å². The minimum Gasteiger partial charge on any atom is -0.342 e. The van der Waals surface area contributed by atoms with Crippen LogP contribution < -0.4 is 0 Å². The van der Waals surface area contributed by atoms with Crippen LogP contribution in [0.15, 0.2) is 24.3 Å². The van der Waals surface area contributed by atoms with Gasteiger partial charge < -0.3 is 9.80 Å². The molecule has 7 heteroatoms. The van der Waals surface area contributed by atoms with Crippen LogP contribution in [0.4, 0.5) is 4.39 Å². The van der Waals surface area contributed by atoms with Crippen molar-refractivity contribution < 1.29 is 14.0 Å². The van der Waals surface area contributed by atoms with Crippen molar-refractivity contribution in [1.29, 1.82) is 0 Å². The van der Waals surface area contributed by atoms with Crippen LogP contribution in [0.5, 0.6) is 0 Å². The highest BCUT2D eigenvalue weighted by Gasteiger charge is 2.26. The predicted octanol–water partition coefficient (Wildman–Crippen LogP) is 3.20. The van der Waals surface area contributed by atoms with Crippen molar-refractivity contribution in [3.05, 3.63) is 35.0 Å². The number of nitrogens with zero attached hydrogens (tertiary/aromatic N) is 3. The molecule has 0 unspecified atom stereocenters. The average molecular weight is 404 g/mol. The molecule has 1 aromatic heterocycles.